The molecular formula is C43H42O15. The van der Waals surface area contributed by atoms with Crippen molar-refractivity contribution in [2.75, 3.05) is 13.2 Å². The van der Waals surface area contributed by atoms with Gasteiger partial charge in [-0.15, -0.1) is 0 Å². The summed E-state index contributed by atoms with van der Waals surface area (Å²) in [6, 6.07) is 32.0. The van der Waals surface area contributed by atoms with Gasteiger partial charge in [0.15, 0.2) is 36.7 Å². The number of aliphatic hydroxyl groups is 2. The molecule has 0 spiro atoms. The third-order valence-corrected chi connectivity index (χ3v) is 9.62. The Morgan fingerprint density at radius 2 is 1.05 bits per heavy atom. The van der Waals surface area contributed by atoms with Gasteiger partial charge in [-0.25, -0.2) is 19.2 Å². The highest BCUT2D eigenvalue weighted by molar-refractivity contribution is 5.91. The third kappa shape index (κ3) is 9.27. The van der Waals surface area contributed by atoms with Gasteiger partial charge in [0.1, 0.15) is 37.1 Å². The summed E-state index contributed by atoms with van der Waals surface area (Å²) in [4.78, 5) is 54.9. The summed E-state index contributed by atoms with van der Waals surface area (Å²) in [5, 5.41) is 20.9. The fraction of sp³-hybridized carbons (Fsp3) is 0.349. The van der Waals surface area contributed by atoms with Gasteiger partial charge in [-0.2, -0.15) is 0 Å². The number of carbonyl (C=O) groups is 4. The van der Waals surface area contributed by atoms with Crippen LogP contribution in [0.5, 0.6) is 0 Å². The lowest BCUT2D eigenvalue weighted by atomic mass is 9.97. The summed E-state index contributed by atoms with van der Waals surface area (Å²) in [6.45, 7) is 1.97. The topological polar surface area (TPSA) is 192 Å². The van der Waals surface area contributed by atoms with Crippen molar-refractivity contribution in [3.63, 3.8) is 0 Å². The largest absolute Gasteiger partial charge is 0.459 e. The molecule has 3 fully saturated rings. The second kappa shape index (κ2) is 18.0. The molecule has 0 aliphatic carbocycles. The van der Waals surface area contributed by atoms with Crippen LogP contribution in [-0.2, 0) is 42.6 Å². The predicted octanol–water partition coefficient (Wildman–Crippen LogP) is 3.86. The van der Waals surface area contributed by atoms with Crippen molar-refractivity contribution in [1.29, 1.82) is 0 Å². The molecule has 0 amide bonds. The van der Waals surface area contributed by atoms with Crippen molar-refractivity contribution in [3.8, 4) is 0 Å². The second-order valence-corrected chi connectivity index (χ2v) is 14.1. The Balaban J connectivity index is 1.31. The van der Waals surface area contributed by atoms with Crippen LogP contribution >= 0.6 is 0 Å². The number of fused-ring (bicyclic) bond motifs is 1. The highest BCUT2D eigenvalue weighted by Gasteiger charge is 2.60. The van der Waals surface area contributed by atoms with Crippen molar-refractivity contribution < 1.29 is 72.0 Å². The first kappa shape index (κ1) is 40.7. The van der Waals surface area contributed by atoms with Crippen molar-refractivity contribution >= 4 is 23.9 Å². The van der Waals surface area contributed by atoms with E-state index in [1.165, 1.54) is 36.4 Å². The van der Waals surface area contributed by atoms with Gasteiger partial charge in [0.05, 0.1) is 28.9 Å². The van der Waals surface area contributed by atoms with E-state index in [1.54, 1.807) is 98.8 Å². The Labute approximate surface area is 333 Å². The van der Waals surface area contributed by atoms with E-state index >= 15 is 0 Å². The van der Waals surface area contributed by atoms with E-state index in [-0.39, 0.29) is 22.3 Å². The molecule has 0 bridgehead atoms. The number of carbonyl (C=O) groups excluding carboxylic acids is 4. The molecule has 0 radical (unpaired) electrons. The van der Waals surface area contributed by atoms with Gasteiger partial charge in [-0.3, -0.25) is 0 Å². The standard InChI is InChI=1S/C43H42O15/c1-43(2)57-36-33(31(29(45)23-44)55-42(36)58-43)56-41-35(54-40(49)28-21-13-6-14-22-28)34(53-39(48)27-19-11-5-12-20-27)32(52-38(47)26-17-9-4-10-18-26)30(51-41)24-50-37(46)25-15-7-3-8-16-25/h3-22,29-36,41-42,44-45H,23-24H2,1-2H3/t29-,30-,31+,32+,33+,34+,35-,36-,41+,42-/m1/s1. The number of hydrogen-bond donors (Lipinski definition) is 2. The molecular weight excluding hydrogens is 756 g/mol. The zero-order valence-electron chi connectivity index (χ0n) is 31.4. The quantitative estimate of drug-likeness (QED) is 0.146. The first-order chi connectivity index (χ1) is 28.0. The normalized spacial score (nSPS) is 27.8. The molecule has 15 nitrogen and oxygen atoms in total. The van der Waals surface area contributed by atoms with Gasteiger partial charge in [0, 0.05) is 0 Å². The maximum atomic E-state index is 13.9. The predicted molar refractivity (Wildman–Crippen MR) is 199 cm³/mol. The third-order valence-electron chi connectivity index (χ3n) is 9.62. The monoisotopic (exact) mass is 798 g/mol. The molecule has 3 aliphatic rings. The molecule has 304 valence electrons. The van der Waals surface area contributed by atoms with Crippen molar-refractivity contribution in [3.05, 3.63) is 144 Å². The zero-order valence-corrected chi connectivity index (χ0v) is 31.4. The van der Waals surface area contributed by atoms with E-state index in [2.05, 4.69) is 0 Å². The molecule has 7 rings (SSSR count). The van der Waals surface area contributed by atoms with Crippen molar-refractivity contribution in [2.24, 2.45) is 0 Å². The average molecular weight is 799 g/mol. The summed E-state index contributed by atoms with van der Waals surface area (Å²) in [5.41, 5.74) is 0.555. The molecule has 10 atom stereocenters. The molecule has 15 heteroatoms. The lowest BCUT2D eigenvalue weighted by molar-refractivity contribution is -0.322. The van der Waals surface area contributed by atoms with Gasteiger partial charge in [0.2, 0.25) is 0 Å². The number of aliphatic hydroxyl groups excluding tert-OH is 2. The first-order valence-electron chi connectivity index (χ1n) is 18.6. The van der Waals surface area contributed by atoms with Crippen LogP contribution in [0.3, 0.4) is 0 Å². The number of benzene rings is 4. The molecule has 4 aromatic carbocycles. The van der Waals surface area contributed by atoms with E-state index in [4.69, 9.17) is 42.6 Å². The van der Waals surface area contributed by atoms with Gasteiger partial charge in [-0.1, -0.05) is 72.8 Å². The van der Waals surface area contributed by atoms with E-state index in [9.17, 15) is 29.4 Å². The Kier molecular flexibility index (Phi) is 12.6. The summed E-state index contributed by atoms with van der Waals surface area (Å²) in [7, 11) is 0. The van der Waals surface area contributed by atoms with Crippen LogP contribution in [0.2, 0.25) is 0 Å². The Bertz CT molecular complexity index is 2010. The molecule has 0 saturated carbocycles. The first-order valence-corrected chi connectivity index (χ1v) is 18.6. The molecule has 4 aromatic rings. The molecule has 3 saturated heterocycles. The minimum absolute atomic E-state index is 0.108. The van der Waals surface area contributed by atoms with Crippen LogP contribution in [0.1, 0.15) is 55.3 Å². The molecule has 3 aliphatic heterocycles. The van der Waals surface area contributed by atoms with Crippen molar-refractivity contribution in [2.45, 2.75) is 81.0 Å². The van der Waals surface area contributed by atoms with Gasteiger partial charge < -0.3 is 52.8 Å². The molecule has 3 heterocycles. The minimum atomic E-state index is -1.72. The summed E-state index contributed by atoms with van der Waals surface area (Å²) < 4.78 is 55.0. The Morgan fingerprint density at radius 3 is 1.53 bits per heavy atom. The minimum Gasteiger partial charge on any atom is -0.459 e. The molecule has 2 N–H and O–H groups in total. The zero-order chi connectivity index (χ0) is 40.8. The van der Waals surface area contributed by atoms with Crippen LogP contribution in [-0.4, -0.2) is 115 Å². The average Bonchev–Trinajstić information content (AvgIpc) is 3.73. The molecule has 0 unspecified atom stereocenters. The number of ether oxygens (including phenoxy) is 9. The number of esters is 4. The highest BCUT2D eigenvalue weighted by atomic mass is 16.9. The number of rotatable bonds is 13. The van der Waals surface area contributed by atoms with Crippen LogP contribution < -0.4 is 0 Å². The van der Waals surface area contributed by atoms with E-state index in [0.717, 1.165) is 0 Å². The van der Waals surface area contributed by atoms with Gasteiger partial charge in [0.25, 0.3) is 0 Å². The fourth-order valence-electron chi connectivity index (χ4n) is 6.86. The maximum absolute atomic E-state index is 13.9. The summed E-state index contributed by atoms with van der Waals surface area (Å²) >= 11 is 0. The highest BCUT2D eigenvalue weighted by Crippen LogP contribution is 2.42. The van der Waals surface area contributed by atoms with Crippen LogP contribution in [0.4, 0.5) is 0 Å². The van der Waals surface area contributed by atoms with Gasteiger partial charge >= 0.3 is 23.9 Å². The summed E-state index contributed by atoms with van der Waals surface area (Å²) in [6.07, 6.45) is -14.3. The van der Waals surface area contributed by atoms with Crippen LogP contribution in [0.15, 0.2) is 121 Å². The van der Waals surface area contributed by atoms with Gasteiger partial charge in [-0.05, 0) is 62.4 Å². The van der Waals surface area contributed by atoms with E-state index in [0.29, 0.717) is 0 Å². The van der Waals surface area contributed by atoms with Crippen LogP contribution in [0.25, 0.3) is 0 Å². The fourth-order valence-corrected chi connectivity index (χ4v) is 6.86. The van der Waals surface area contributed by atoms with E-state index in [1.807, 2.05) is 0 Å². The maximum Gasteiger partial charge on any atom is 0.338 e. The Hall–Kier alpha value is -5.52. The molecule has 0 aromatic heterocycles. The number of hydrogen-bond acceptors (Lipinski definition) is 15. The Morgan fingerprint density at radius 1 is 0.603 bits per heavy atom. The SMILES string of the molecule is CC1(C)O[C@H]2O[C@@H]([C@H](O)CO)[C@H](O[C@@H]3O[C@H](COC(=O)c4ccccc4)[C@H](OC(=O)c4ccccc4)[C@H](OC(=O)c4ccccc4)[C@H]3OC(=O)c3ccccc3)[C@H]2O1. The van der Waals surface area contributed by atoms with E-state index < -0.39 is 104 Å². The smallest absolute Gasteiger partial charge is 0.338 e. The summed E-state index contributed by atoms with van der Waals surface area (Å²) in [5.74, 6) is -4.54. The second-order valence-electron chi connectivity index (χ2n) is 14.1. The van der Waals surface area contributed by atoms with Crippen LogP contribution in [0, 0.1) is 0 Å². The lowest BCUT2D eigenvalue weighted by Crippen LogP contribution is -2.64. The molecule has 58 heavy (non-hydrogen) atoms. The van der Waals surface area contributed by atoms with Crippen molar-refractivity contribution in [1.82, 2.24) is 0 Å². The lowest BCUT2D eigenvalue weighted by Gasteiger charge is -2.45.